The summed E-state index contributed by atoms with van der Waals surface area (Å²) in [5, 5.41) is 5.17. The molecule has 0 saturated carbocycles. The summed E-state index contributed by atoms with van der Waals surface area (Å²) in [5.74, 6) is 0.604. The zero-order valence-electron chi connectivity index (χ0n) is 15.1. The van der Waals surface area contributed by atoms with Crippen molar-refractivity contribution in [2.24, 2.45) is 0 Å². The number of para-hydroxylation sites is 1. The van der Waals surface area contributed by atoms with E-state index in [2.05, 4.69) is 10.3 Å². The highest BCUT2D eigenvalue weighted by Gasteiger charge is 2.21. The predicted molar refractivity (Wildman–Crippen MR) is 111 cm³/mol. The summed E-state index contributed by atoms with van der Waals surface area (Å²) in [6, 6.07) is 15.8. The summed E-state index contributed by atoms with van der Waals surface area (Å²) < 4.78 is 6.40. The molecule has 0 unspecified atom stereocenters. The number of hydrogen-bond donors (Lipinski definition) is 1. The maximum absolute atomic E-state index is 12.8. The van der Waals surface area contributed by atoms with Gasteiger partial charge in [-0.25, -0.2) is 9.97 Å². The van der Waals surface area contributed by atoms with Crippen LogP contribution < -0.4 is 5.32 Å². The maximum Gasteiger partial charge on any atom is 0.264 e. The minimum Gasteiger partial charge on any atom is -0.378 e. The van der Waals surface area contributed by atoms with Gasteiger partial charge in [0.2, 0.25) is 5.95 Å². The summed E-state index contributed by atoms with van der Waals surface area (Å²) in [6.45, 7) is 2.48. The Balaban J connectivity index is 1.53. The van der Waals surface area contributed by atoms with Crippen molar-refractivity contribution in [1.29, 1.82) is 0 Å². The van der Waals surface area contributed by atoms with Crippen LogP contribution in [0.5, 0.6) is 0 Å². The van der Waals surface area contributed by atoms with Crippen LogP contribution in [0, 0.1) is 0 Å². The van der Waals surface area contributed by atoms with Crippen molar-refractivity contribution < 1.29 is 9.53 Å². The third kappa shape index (κ3) is 3.19. The fraction of sp³-hybridized carbons (Fsp3) is 0.190. The minimum atomic E-state index is 0.0642. The fourth-order valence-electron chi connectivity index (χ4n) is 3.35. The van der Waals surface area contributed by atoms with Crippen molar-refractivity contribution in [2.45, 2.75) is 0 Å². The highest BCUT2D eigenvalue weighted by atomic mass is 32.1. The van der Waals surface area contributed by atoms with E-state index in [1.54, 1.807) is 0 Å². The third-order valence-corrected chi connectivity index (χ3v) is 5.87. The van der Waals surface area contributed by atoms with Crippen LogP contribution in [0.2, 0.25) is 0 Å². The number of amides is 1. The Morgan fingerprint density at radius 1 is 1.11 bits per heavy atom. The second-order valence-electron chi connectivity index (χ2n) is 6.62. The average Bonchev–Trinajstić information content (AvgIpc) is 3.19. The van der Waals surface area contributed by atoms with E-state index in [-0.39, 0.29) is 5.91 Å². The molecule has 0 aliphatic carbocycles. The number of benzene rings is 2. The van der Waals surface area contributed by atoms with Gasteiger partial charge in [0.05, 0.1) is 23.6 Å². The summed E-state index contributed by atoms with van der Waals surface area (Å²) in [5.41, 5.74) is 1.78. The van der Waals surface area contributed by atoms with Crippen LogP contribution in [-0.4, -0.2) is 47.1 Å². The van der Waals surface area contributed by atoms with Crippen LogP contribution in [0.3, 0.4) is 0 Å². The van der Waals surface area contributed by atoms with Gasteiger partial charge in [-0.15, -0.1) is 11.3 Å². The molecule has 1 fully saturated rings. The normalized spacial score (nSPS) is 14.5. The number of nitrogens with one attached hydrogen (secondary N) is 1. The summed E-state index contributed by atoms with van der Waals surface area (Å²) in [7, 11) is 0. The molecular weight excluding hydrogens is 372 g/mol. The number of nitrogens with zero attached hydrogens (tertiary/aromatic N) is 3. The van der Waals surface area contributed by atoms with Gasteiger partial charge in [0.15, 0.2) is 0 Å². The molecule has 5 rings (SSSR count). The molecule has 2 aromatic heterocycles. The van der Waals surface area contributed by atoms with E-state index in [1.807, 2.05) is 59.6 Å². The molecule has 1 saturated heterocycles. The molecule has 3 heterocycles. The fourth-order valence-corrected chi connectivity index (χ4v) is 4.38. The third-order valence-electron chi connectivity index (χ3n) is 4.79. The molecule has 7 heteroatoms. The van der Waals surface area contributed by atoms with Crippen molar-refractivity contribution in [1.82, 2.24) is 14.9 Å². The summed E-state index contributed by atoms with van der Waals surface area (Å²) in [6.07, 6.45) is 1.81. The van der Waals surface area contributed by atoms with Gasteiger partial charge in [0, 0.05) is 40.4 Å². The Bertz CT molecular complexity index is 1150. The van der Waals surface area contributed by atoms with E-state index in [0.717, 1.165) is 31.6 Å². The highest BCUT2D eigenvalue weighted by Crippen LogP contribution is 2.32. The lowest BCUT2D eigenvalue weighted by atomic mass is 10.1. The molecule has 28 heavy (non-hydrogen) atoms. The van der Waals surface area contributed by atoms with Crippen molar-refractivity contribution in [3.63, 3.8) is 0 Å². The number of fused-ring (bicyclic) bond motifs is 3. The van der Waals surface area contributed by atoms with E-state index in [1.165, 1.54) is 11.3 Å². The van der Waals surface area contributed by atoms with Gasteiger partial charge < -0.3 is 15.0 Å². The molecule has 6 nitrogen and oxygen atoms in total. The Morgan fingerprint density at radius 3 is 2.75 bits per heavy atom. The van der Waals surface area contributed by atoms with Crippen LogP contribution in [0.4, 0.5) is 11.6 Å². The number of hydrogen-bond acceptors (Lipinski definition) is 6. The van der Waals surface area contributed by atoms with Gasteiger partial charge in [0.1, 0.15) is 0 Å². The second kappa shape index (κ2) is 7.18. The van der Waals surface area contributed by atoms with Crippen molar-refractivity contribution in [2.75, 3.05) is 31.6 Å². The Kier molecular flexibility index (Phi) is 4.38. The number of carbonyl (C=O) groups excluding carboxylic acids is 1. The van der Waals surface area contributed by atoms with Crippen LogP contribution in [0.25, 0.3) is 21.0 Å². The Morgan fingerprint density at radius 2 is 1.93 bits per heavy atom. The summed E-state index contributed by atoms with van der Waals surface area (Å²) in [4.78, 5) is 24.6. The molecule has 0 bridgehead atoms. The van der Waals surface area contributed by atoms with E-state index < -0.39 is 0 Å². The standard InChI is InChI=1S/C21H18N4O2S/c26-20(25-8-10-27-11-9-25)18-12-16-17(28-18)7-6-14-13-22-21(24-19(14)16)23-15-4-2-1-3-5-15/h1-7,12-13H,8-11H2,(H,22,23,24). The molecule has 0 atom stereocenters. The number of thiophene rings is 1. The molecule has 1 amide bonds. The van der Waals surface area contributed by atoms with Gasteiger partial charge in [0.25, 0.3) is 5.91 Å². The quantitative estimate of drug-likeness (QED) is 0.571. The number of rotatable bonds is 3. The van der Waals surface area contributed by atoms with Gasteiger partial charge in [-0.3, -0.25) is 4.79 Å². The molecule has 0 radical (unpaired) electrons. The van der Waals surface area contributed by atoms with E-state index in [0.29, 0.717) is 32.3 Å². The lowest BCUT2D eigenvalue weighted by Gasteiger charge is -2.26. The number of aromatic nitrogens is 2. The number of carbonyl (C=O) groups is 1. The smallest absolute Gasteiger partial charge is 0.264 e. The minimum absolute atomic E-state index is 0.0642. The molecule has 0 spiro atoms. The van der Waals surface area contributed by atoms with Crippen LogP contribution in [-0.2, 0) is 4.74 Å². The monoisotopic (exact) mass is 390 g/mol. The topological polar surface area (TPSA) is 67.4 Å². The molecular formula is C21H18N4O2S. The van der Waals surface area contributed by atoms with Gasteiger partial charge in [-0.1, -0.05) is 18.2 Å². The average molecular weight is 390 g/mol. The maximum atomic E-state index is 12.8. The largest absolute Gasteiger partial charge is 0.378 e. The van der Waals surface area contributed by atoms with Gasteiger partial charge in [-0.05, 0) is 30.3 Å². The molecule has 1 N–H and O–H groups in total. The zero-order valence-corrected chi connectivity index (χ0v) is 15.9. The predicted octanol–water partition coefficient (Wildman–Crippen LogP) is 4.06. The van der Waals surface area contributed by atoms with Crippen molar-refractivity contribution in [3.8, 4) is 0 Å². The molecule has 1 aliphatic heterocycles. The zero-order chi connectivity index (χ0) is 18.9. The lowest BCUT2D eigenvalue weighted by Crippen LogP contribution is -2.40. The Hall–Kier alpha value is -3.03. The number of ether oxygens (including phenoxy) is 1. The van der Waals surface area contributed by atoms with Crippen LogP contribution >= 0.6 is 11.3 Å². The van der Waals surface area contributed by atoms with Crippen molar-refractivity contribution in [3.05, 3.63) is 59.6 Å². The van der Waals surface area contributed by atoms with E-state index in [4.69, 9.17) is 9.72 Å². The van der Waals surface area contributed by atoms with Gasteiger partial charge in [-0.2, -0.15) is 0 Å². The molecule has 4 aromatic rings. The first-order chi connectivity index (χ1) is 13.8. The van der Waals surface area contributed by atoms with Gasteiger partial charge >= 0.3 is 0 Å². The first-order valence-electron chi connectivity index (χ1n) is 9.16. The first kappa shape index (κ1) is 17.1. The summed E-state index contributed by atoms with van der Waals surface area (Å²) >= 11 is 1.51. The molecule has 2 aromatic carbocycles. The molecule has 140 valence electrons. The first-order valence-corrected chi connectivity index (χ1v) is 9.98. The van der Waals surface area contributed by atoms with Crippen LogP contribution in [0.15, 0.2) is 54.7 Å². The SMILES string of the molecule is O=C(c1cc2c(ccc3cnc(Nc4ccccc4)nc32)s1)N1CCOCC1. The lowest BCUT2D eigenvalue weighted by molar-refractivity contribution is 0.0306. The Labute approximate surface area is 165 Å². The highest BCUT2D eigenvalue weighted by molar-refractivity contribution is 7.21. The van der Waals surface area contributed by atoms with E-state index >= 15 is 0 Å². The van der Waals surface area contributed by atoms with Crippen LogP contribution in [0.1, 0.15) is 9.67 Å². The second-order valence-corrected chi connectivity index (χ2v) is 7.70. The van der Waals surface area contributed by atoms with Crippen molar-refractivity contribution >= 4 is 49.9 Å². The van der Waals surface area contributed by atoms with E-state index in [9.17, 15) is 4.79 Å². The number of anilines is 2. The molecule has 1 aliphatic rings. The number of morpholine rings is 1.